The van der Waals surface area contributed by atoms with E-state index in [1.165, 1.54) is 6.08 Å². The molecule has 2 nitrogen and oxygen atoms in total. The molecule has 12 heavy (non-hydrogen) atoms. The second-order valence-corrected chi connectivity index (χ2v) is 2.68. The van der Waals surface area contributed by atoms with Crippen LogP contribution in [-0.4, -0.2) is 6.29 Å². The van der Waals surface area contributed by atoms with Gasteiger partial charge in [0.1, 0.15) is 6.29 Å². The maximum absolute atomic E-state index is 9.99. The lowest BCUT2D eigenvalue weighted by atomic mass is 10.2. The molecule has 1 rings (SSSR count). The number of anilines is 1. The van der Waals surface area contributed by atoms with Gasteiger partial charge in [0.25, 0.3) is 0 Å². The van der Waals surface area contributed by atoms with Crippen LogP contribution in [0.25, 0.3) is 6.08 Å². The molecule has 2 N–H and O–H groups in total. The van der Waals surface area contributed by atoms with Crippen molar-refractivity contribution in [1.29, 1.82) is 0 Å². The molecule has 0 aliphatic rings. The summed E-state index contributed by atoms with van der Waals surface area (Å²) >= 11 is 5.75. The predicted molar refractivity (Wildman–Crippen MR) is 51.0 cm³/mol. The number of benzene rings is 1. The molecule has 0 amide bonds. The lowest BCUT2D eigenvalue weighted by Gasteiger charge is -1.97. The molecule has 0 spiro atoms. The van der Waals surface area contributed by atoms with Crippen LogP contribution < -0.4 is 5.73 Å². The molecule has 0 bridgehead atoms. The average molecular weight is 182 g/mol. The molecule has 0 saturated carbocycles. The van der Waals surface area contributed by atoms with E-state index in [2.05, 4.69) is 0 Å². The van der Waals surface area contributed by atoms with Crippen LogP contribution in [0.1, 0.15) is 5.56 Å². The van der Waals surface area contributed by atoms with Crippen LogP contribution >= 0.6 is 11.6 Å². The third-order valence-electron chi connectivity index (χ3n) is 1.39. The summed E-state index contributed by atoms with van der Waals surface area (Å²) in [4.78, 5) is 9.99. The fourth-order valence-corrected chi connectivity index (χ4v) is 0.986. The van der Waals surface area contributed by atoms with Gasteiger partial charge >= 0.3 is 0 Å². The number of nitrogen functional groups attached to an aromatic ring is 1. The van der Waals surface area contributed by atoms with Crippen LogP contribution in [0, 0.1) is 0 Å². The zero-order valence-electron chi connectivity index (χ0n) is 6.33. The van der Waals surface area contributed by atoms with Crippen LogP contribution in [0.15, 0.2) is 24.3 Å². The summed E-state index contributed by atoms with van der Waals surface area (Å²) in [6, 6.07) is 5.20. The van der Waals surface area contributed by atoms with Crippen molar-refractivity contribution in [2.45, 2.75) is 0 Å². The maximum Gasteiger partial charge on any atom is 0.142 e. The van der Waals surface area contributed by atoms with Crippen molar-refractivity contribution in [2.75, 3.05) is 5.73 Å². The highest BCUT2D eigenvalue weighted by atomic mass is 35.5. The smallest absolute Gasteiger partial charge is 0.142 e. The first-order valence-electron chi connectivity index (χ1n) is 3.41. The van der Waals surface area contributed by atoms with Gasteiger partial charge in [0.2, 0.25) is 0 Å². The minimum absolute atomic E-state index is 0.503. The number of halogens is 1. The summed E-state index contributed by atoms with van der Waals surface area (Å²) in [7, 11) is 0. The molecule has 0 fully saturated rings. The largest absolute Gasteiger partial charge is 0.398 e. The van der Waals surface area contributed by atoms with Gasteiger partial charge in [-0.1, -0.05) is 23.7 Å². The Balaban J connectivity index is 2.96. The number of carbonyl (C=O) groups excluding carboxylic acids is 1. The van der Waals surface area contributed by atoms with Gasteiger partial charge in [-0.2, -0.15) is 0 Å². The molecule has 62 valence electrons. The Kier molecular flexibility index (Phi) is 2.88. The lowest BCUT2D eigenvalue weighted by molar-refractivity contribution is -0.104. The molecular weight excluding hydrogens is 174 g/mol. The number of aldehydes is 1. The molecule has 0 aliphatic carbocycles. The van der Waals surface area contributed by atoms with Gasteiger partial charge in [-0.05, 0) is 23.8 Å². The zero-order valence-corrected chi connectivity index (χ0v) is 7.08. The third kappa shape index (κ3) is 2.10. The number of hydrogen-bond acceptors (Lipinski definition) is 2. The van der Waals surface area contributed by atoms with Gasteiger partial charge in [0.15, 0.2) is 0 Å². The normalized spacial score (nSPS) is 10.4. The van der Waals surface area contributed by atoms with E-state index in [1.54, 1.807) is 24.3 Å². The molecule has 0 saturated heterocycles. The number of allylic oxidation sites excluding steroid dienone is 1. The Bertz CT molecular complexity index is 320. The van der Waals surface area contributed by atoms with Crippen molar-refractivity contribution in [1.82, 2.24) is 0 Å². The average Bonchev–Trinajstić information content (AvgIpc) is 2.07. The third-order valence-corrected chi connectivity index (χ3v) is 1.72. The minimum Gasteiger partial charge on any atom is -0.398 e. The van der Waals surface area contributed by atoms with E-state index in [4.69, 9.17) is 17.3 Å². The first-order valence-corrected chi connectivity index (χ1v) is 3.78. The Hall–Kier alpha value is -1.28. The van der Waals surface area contributed by atoms with E-state index < -0.39 is 0 Å². The quantitative estimate of drug-likeness (QED) is 0.432. The highest BCUT2D eigenvalue weighted by molar-refractivity contribution is 6.33. The van der Waals surface area contributed by atoms with E-state index in [9.17, 15) is 4.79 Å². The van der Waals surface area contributed by atoms with Gasteiger partial charge in [0.05, 0.1) is 10.7 Å². The molecule has 0 aromatic heterocycles. The molecule has 1 aromatic carbocycles. The SMILES string of the molecule is Nc1ccc(C=CC=O)cc1Cl. The second kappa shape index (κ2) is 3.93. The number of carbonyl (C=O) groups is 1. The molecule has 1 aromatic rings. The fraction of sp³-hybridized carbons (Fsp3) is 0. The van der Waals surface area contributed by atoms with E-state index in [0.29, 0.717) is 17.0 Å². The van der Waals surface area contributed by atoms with Gasteiger partial charge < -0.3 is 5.73 Å². The Morgan fingerprint density at radius 1 is 1.42 bits per heavy atom. The summed E-state index contributed by atoms with van der Waals surface area (Å²) in [5, 5.41) is 0.503. The number of hydrogen-bond donors (Lipinski definition) is 1. The van der Waals surface area contributed by atoms with Gasteiger partial charge in [0, 0.05) is 0 Å². The molecular formula is C9H8ClNO. The highest BCUT2D eigenvalue weighted by Crippen LogP contribution is 2.19. The van der Waals surface area contributed by atoms with Gasteiger partial charge in [-0.3, -0.25) is 4.79 Å². The molecule has 3 heteroatoms. The van der Waals surface area contributed by atoms with E-state index in [-0.39, 0.29) is 0 Å². The van der Waals surface area contributed by atoms with Crippen LogP contribution in [0.3, 0.4) is 0 Å². The topological polar surface area (TPSA) is 43.1 Å². The summed E-state index contributed by atoms with van der Waals surface area (Å²) in [6.45, 7) is 0. The highest BCUT2D eigenvalue weighted by Gasteiger charge is 1.94. The molecule has 0 radical (unpaired) electrons. The van der Waals surface area contributed by atoms with Crippen molar-refractivity contribution in [3.8, 4) is 0 Å². The van der Waals surface area contributed by atoms with Crippen molar-refractivity contribution in [3.63, 3.8) is 0 Å². The standard InChI is InChI=1S/C9H8ClNO/c10-8-6-7(2-1-5-12)3-4-9(8)11/h1-6H,11H2. The van der Waals surface area contributed by atoms with Crippen LogP contribution in [0.5, 0.6) is 0 Å². The van der Waals surface area contributed by atoms with Crippen molar-refractivity contribution in [3.05, 3.63) is 34.9 Å². The summed E-state index contributed by atoms with van der Waals surface area (Å²) in [6.07, 6.45) is 3.78. The lowest BCUT2D eigenvalue weighted by Crippen LogP contribution is -1.85. The van der Waals surface area contributed by atoms with Gasteiger partial charge in [-0.25, -0.2) is 0 Å². The second-order valence-electron chi connectivity index (χ2n) is 2.28. The van der Waals surface area contributed by atoms with Crippen LogP contribution in [-0.2, 0) is 4.79 Å². The van der Waals surface area contributed by atoms with E-state index in [0.717, 1.165) is 5.56 Å². The first-order chi connectivity index (χ1) is 5.74. The Morgan fingerprint density at radius 2 is 2.17 bits per heavy atom. The summed E-state index contributed by atoms with van der Waals surface area (Å²) in [5.74, 6) is 0. The first kappa shape index (κ1) is 8.81. The van der Waals surface area contributed by atoms with Crippen LogP contribution in [0.4, 0.5) is 5.69 Å². The number of rotatable bonds is 2. The Labute approximate surface area is 75.6 Å². The minimum atomic E-state index is 0.503. The maximum atomic E-state index is 9.99. The predicted octanol–water partition coefficient (Wildman–Crippen LogP) is 2.13. The molecule has 0 atom stereocenters. The van der Waals surface area contributed by atoms with Crippen LogP contribution in [0.2, 0.25) is 5.02 Å². The summed E-state index contributed by atoms with van der Waals surface area (Å²) in [5.41, 5.74) is 6.90. The molecule has 0 unspecified atom stereocenters. The van der Waals surface area contributed by atoms with Crippen molar-refractivity contribution in [2.24, 2.45) is 0 Å². The van der Waals surface area contributed by atoms with Crippen molar-refractivity contribution >= 4 is 29.7 Å². The van der Waals surface area contributed by atoms with E-state index in [1.807, 2.05) is 0 Å². The molecule has 0 heterocycles. The molecule has 0 aliphatic heterocycles. The fourth-order valence-electron chi connectivity index (χ4n) is 0.797. The van der Waals surface area contributed by atoms with Gasteiger partial charge in [-0.15, -0.1) is 0 Å². The number of nitrogens with two attached hydrogens (primary N) is 1. The Morgan fingerprint density at radius 3 is 2.75 bits per heavy atom. The van der Waals surface area contributed by atoms with Crippen molar-refractivity contribution < 1.29 is 4.79 Å². The van der Waals surface area contributed by atoms with E-state index >= 15 is 0 Å². The monoisotopic (exact) mass is 181 g/mol. The summed E-state index contributed by atoms with van der Waals surface area (Å²) < 4.78 is 0. The zero-order chi connectivity index (χ0) is 8.97.